The lowest BCUT2D eigenvalue weighted by Crippen LogP contribution is -2.31. The van der Waals surface area contributed by atoms with Crippen molar-refractivity contribution in [2.24, 2.45) is 0 Å². The molecule has 0 unspecified atom stereocenters. The summed E-state index contributed by atoms with van der Waals surface area (Å²) in [6.07, 6.45) is 0. The van der Waals surface area contributed by atoms with Gasteiger partial charge in [0.1, 0.15) is 19.3 Å². The molecule has 2 aromatic carbocycles. The van der Waals surface area contributed by atoms with Crippen LogP contribution in [-0.4, -0.2) is 25.2 Å². The van der Waals surface area contributed by atoms with Gasteiger partial charge >= 0.3 is 0 Å². The Labute approximate surface area is 140 Å². The molecule has 122 valence electrons. The van der Waals surface area contributed by atoms with Crippen LogP contribution in [-0.2, 0) is 4.79 Å². The van der Waals surface area contributed by atoms with Crippen molar-refractivity contribution in [2.45, 2.75) is 13.0 Å². The van der Waals surface area contributed by atoms with Gasteiger partial charge in [-0.3, -0.25) is 4.79 Å². The Balaban J connectivity index is 1.62. The van der Waals surface area contributed by atoms with Gasteiger partial charge in [0.05, 0.1) is 11.6 Å². The average Bonchev–Trinajstić information content (AvgIpc) is 2.62. The van der Waals surface area contributed by atoms with E-state index in [1.807, 2.05) is 24.3 Å². The second-order valence-corrected chi connectivity index (χ2v) is 5.40. The lowest BCUT2D eigenvalue weighted by molar-refractivity contribution is -0.116. The predicted octanol–water partition coefficient (Wildman–Crippen LogP) is 2.77. The summed E-state index contributed by atoms with van der Waals surface area (Å²) in [5.74, 6) is 1.21. The highest BCUT2D eigenvalue weighted by molar-refractivity contribution is 5.96. The maximum atomic E-state index is 12.3. The molecule has 0 saturated carbocycles. The van der Waals surface area contributed by atoms with Crippen LogP contribution in [0.2, 0.25) is 0 Å². The van der Waals surface area contributed by atoms with E-state index in [0.29, 0.717) is 36.0 Å². The number of hydrogen-bond donors (Lipinski definition) is 2. The van der Waals surface area contributed by atoms with Crippen LogP contribution in [0.4, 0.5) is 11.4 Å². The third-order valence-electron chi connectivity index (χ3n) is 3.60. The van der Waals surface area contributed by atoms with Crippen LogP contribution in [0, 0.1) is 11.3 Å². The number of nitrogens with zero attached hydrogens (tertiary/aromatic N) is 1. The van der Waals surface area contributed by atoms with Gasteiger partial charge in [-0.05, 0) is 43.3 Å². The summed E-state index contributed by atoms with van der Waals surface area (Å²) in [6, 6.07) is 13.8. The molecule has 1 amide bonds. The maximum Gasteiger partial charge on any atom is 0.246 e. The number of ether oxygens (including phenoxy) is 2. The van der Waals surface area contributed by atoms with Crippen molar-refractivity contribution in [1.29, 1.82) is 5.26 Å². The van der Waals surface area contributed by atoms with Crippen molar-refractivity contribution in [3.8, 4) is 17.6 Å². The minimum Gasteiger partial charge on any atom is -0.486 e. The number of fused-ring (bicyclic) bond motifs is 1. The second kappa shape index (κ2) is 6.92. The van der Waals surface area contributed by atoms with Crippen molar-refractivity contribution >= 4 is 17.3 Å². The zero-order valence-electron chi connectivity index (χ0n) is 13.2. The highest BCUT2D eigenvalue weighted by Crippen LogP contribution is 2.32. The van der Waals surface area contributed by atoms with E-state index >= 15 is 0 Å². The first-order valence-electron chi connectivity index (χ1n) is 7.63. The molecule has 0 spiro atoms. The molecule has 1 aliphatic heterocycles. The highest BCUT2D eigenvalue weighted by Gasteiger charge is 2.16. The molecule has 0 bridgehead atoms. The zero-order valence-corrected chi connectivity index (χ0v) is 13.2. The standard InChI is InChI=1S/C18H17N3O3/c1-12(18(22)21-14-4-2-13(11-19)3-5-14)20-15-6-7-16-17(10-15)24-9-8-23-16/h2-7,10,12,20H,8-9H2,1H3,(H,21,22)/t12-/m0/s1. The maximum absolute atomic E-state index is 12.3. The predicted molar refractivity (Wildman–Crippen MR) is 90.3 cm³/mol. The number of hydrogen-bond acceptors (Lipinski definition) is 5. The van der Waals surface area contributed by atoms with Crippen molar-refractivity contribution < 1.29 is 14.3 Å². The van der Waals surface area contributed by atoms with Crippen LogP contribution in [0.1, 0.15) is 12.5 Å². The van der Waals surface area contributed by atoms with Gasteiger partial charge in [-0.2, -0.15) is 5.26 Å². The summed E-state index contributed by atoms with van der Waals surface area (Å²) >= 11 is 0. The molecule has 1 atom stereocenters. The molecular weight excluding hydrogens is 306 g/mol. The van der Waals surface area contributed by atoms with Gasteiger partial charge in [-0.25, -0.2) is 0 Å². The molecule has 6 nitrogen and oxygen atoms in total. The summed E-state index contributed by atoms with van der Waals surface area (Å²) in [6.45, 7) is 2.84. The summed E-state index contributed by atoms with van der Waals surface area (Å²) in [4.78, 5) is 12.3. The summed E-state index contributed by atoms with van der Waals surface area (Å²) < 4.78 is 11.0. The second-order valence-electron chi connectivity index (χ2n) is 5.40. The van der Waals surface area contributed by atoms with Gasteiger partial charge in [-0.15, -0.1) is 0 Å². The number of nitriles is 1. The number of nitrogens with one attached hydrogen (secondary N) is 2. The van der Waals surface area contributed by atoms with E-state index in [2.05, 4.69) is 10.6 Å². The Bertz CT molecular complexity index is 781. The van der Waals surface area contributed by atoms with Crippen molar-refractivity contribution in [1.82, 2.24) is 0 Å². The Kier molecular flexibility index (Phi) is 4.52. The number of benzene rings is 2. The molecule has 1 aliphatic rings. The molecule has 0 aliphatic carbocycles. The van der Waals surface area contributed by atoms with E-state index in [1.165, 1.54) is 0 Å². The Morgan fingerprint density at radius 3 is 2.46 bits per heavy atom. The fourth-order valence-electron chi connectivity index (χ4n) is 2.33. The molecule has 0 saturated heterocycles. The quantitative estimate of drug-likeness (QED) is 0.904. The van der Waals surface area contributed by atoms with E-state index < -0.39 is 6.04 Å². The summed E-state index contributed by atoms with van der Waals surface area (Å²) in [7, 11) is 0. The number of carbonyl (C=O) groups is 1. The summed E-state index contributed by atoms with van der Waals surface area (Å²) in [5.41, 5.74) is 1.98. The van der Waals surface area contributed by atoms with Gasteiger partial charge in [0.25, 0.3) is 0 Å². The van der Waals surface area contributed by atoms with E-state index in [4.69, 9.17) is 14.7 Å². The monoisotopic (exact) mass is 323 g/mol. The van der Waals surface area contributed by atoms with Crippen LogP contribution < -0.4 is 20.1 Å². The highest BCUT2D eigenvalue weighted by atomic mass is 16.6. The zero-order chi connectivity index (χ0) is 16.9. The Morgan fingerprint density at radius 2 is 1.75 bits per heavy atom. The molecule has 3 rings (SSSR count). The molecule has 1 heterocycles. The average molecular weight is 323 g/mol. The molecule has 0 aromatic heterocycles. The number of carbonyl (C=O) groups excluding carboxylic acids is 1. The first kappa shape index (κ1) is 15.7. The molecule has 0 fully saturated rings. The number of rotatable bonds is 4. The van der Waals surface area contributed by atoms with Crippen LogP contribution in [0.15, 0.2) is 42.5 Å². The molecule has 24 heavy (non-hydrogen) atoms. The van der Waals surface area contributed by atoms with E-state index in [9.17, 15) is 4.79 Å². The largest absolute Gasteiger partial charge is 0.486 e. The van der Waals surface area contributed by atoms with Gasteiger partial charge in [0, 0.05) is 17.4 Å². The van der Waals surface area contributed by atoms with E-state index in [-0.39, 0.29) is 5.91 Å². The van der Waals surface area contributed by atoms with Crippen molar-refractivity contribution in [2.75, 3.05) is 23.8 Å². The van der Waals surface area contributed by atoms with Crippen molar-refractivity contribution in [3.63, 3.8) is 0 Å². The fourth-order valence-corrected chi connectivity index (χ4v) is 2.33. The molecule has 0 radical (unpaired) electrons. The van der Waals surface area contributed by atoms with Crippen LogP contribution in [0.25, 0.3) is 0 Å². The lowest BCUT2D eigenvalue weighted by Gasteiger charge is -2.20. The first-order valence-corrected chi connectivity index (χ1v) is 7.63. The van der Waals surface area contributed by atoms with E-state index in [0.717, 1.165) is 5.69 Å². The van der Waals surface area contributed by atoms with Crippen LogP contribution in [0.3, 0.4) is 0 Å². The minimum atomic E-state index is -0.441. The third-order valence-corrected chi connectivity index (χ3v) is 3.60. The number of anilines is 2. The SMILES string of the molecule is C[C@H](Nc1ccc2c(c1)OCCO2)C(=O)Nc1ccc(C#N)cc1. The normalized spacial score (nSPS) is 13.5. The molecule has 2 N–H and O–H groups in total. The molecule has 6 heteroatoms. The van der Waals surface area contributed by atoms with E-state index in [1.54, 1.807) is 31.2 Å². The van der Waals surface area contributed by atoms with Crippen molar-refractivity contribution in [3.05, 3.63) is 48.0 Å². The van der Waals surface area contributed by atoms with Gasteiger partial charge in [-0.1, -0.05) is 0 Å². The van der Waals surface area contributed by atoms with Gasteiger partial charge in [0.2, 0.25) is 5.91 Å². The molecular formula is C18H17N3O3. The van der Waals surface area contributed by atoms with Gasteiger partial charge < -0.3 is 20.1 Å². The topological polar surface area (TPSA) is 83.4 Å². The first-order chi connectivity index (χ1) is 11.7. The van der Waals surface area contributed by atoms with Crippen LogP contribution in [0.5, 0.6) is 11.5 Å². The third kappa shape index (κ3) is 3.58. The van der Waals surface area contributed by atoms with Gasteiger partial charge in [0.15, 0.2) is 11.5 Å². The minimum absolute atomic E-state index is 0.172. The number of amides is 1. The summed E-state index contributed by atoms with van der Waals surface area (Å²) in [5, 5.41) is 14.7. The van der Waals surface area contributed by atoms with Crippen LogP contribution >= 0.6 is 0 Å². The molecule has 2 aromatic rings. The lowest BCUT2D eigenvalue weighted by atomic mass is 10.2. The smallest absolute Gasteiger partial charge is 0.246 e. The Hall–Kier alpha value is -3.20. The Morgan fingerprint density at radius 1 is 1.08 bits per heavy atom. The fraction of sp³-hybridized carbons (Fsp3) is 0.222.